The standard InChI is InChI=1S/C46H33N5S/c47-28-29-10-8-13-33(26-29)46-49-44(30-11-2-1-3-12-30)48-45(50-46)31-20-23-34(24-21-31)51-40-18-6-4-14-36(40)37-25-22-32(27-41(37)51)35-16-9-17-39-38-15-5-7-19-42(38)52-43(35)39/h1-27,36,40,44-45,48H,(H,49,50). The highest BCUT2D eigenvalue weighted by molar-refractivity contribution is 7.26. The average Bonchev–Trinajstić information content (AvgIpc) is 3.77. The Bertz CT molecular complexity index is 2630. The van der Waals surface area contributed by atoms with Crippen molar-refractivity contribution in [2.45, 2.75) is 24.3 Å². The van der Waals surface area contributed by atoms with Gasteiger partial charge in [0.15, 0.2) is 0 Å². The van der Waals surface area contributed by atoms with Gasteiger partial charge in [0.2, 0.25) is 0 Å². The van der Waals surface area contributed by atoms with E-state index in [0.717, 1.165) is 28.2 Å². The molecule has 2 aliphatic heterocycles. The Balaban J connectivity index is 1.02. The van der Waals surface area contributed by atoms with Crippen molar-refractivity contribution in [3.63, 3.8) is 0 Å². The largest absolute Gasteiger partial charge is 0.350 e. The molecule has 0 saturated carbocycles. The van der Waals surface area contributed by atoms with Gasteiger partial charge in [-0.05, 0) is 64.2 Å². The lowest BCUT2D eigenvalue weighted by Gasteiger charge is -2.33. The first-order valence-corrected chi connectivity index (χ1v) is 18.5. The first-order chi connectivity index (χ1) is 25.7. The van der Waals surface area contributed by atoms with Gasteiger partial charge in [0.1, 0.15) is 18.2 Å². The maximum Gasteiger partial charge on any atom is 0.131 e. The second kappa shape index (κ2) is 12.5. The van der Waals surface area contributed by atoms with Crippen molar-refractivity contribution in [2.24, 2.45) is 4.99 Å². The molecule has 0 amide bonds. The molecule has 0 saturated heterocycles. The van der Waals surface area contributed by atoms with E-state index in [1.807, 2.05) is 53.8 Å². The summed E-state index contributed by atoms with van der Waals surface area (Å²) in [7, 11) is 0. The van der Waals surface area contributed by atoms with Crippen molar-refractivity contribution in [2.75, 3.05) is 4.90 Å². The van der Waals surface area contributed by atoms with Gasteiger partial charge in [0.25, 0.3) is 0 Å². The van der Waals surface area contributed by atoms with Crippen LogP contribution in [0.15, 0.2) is 169 Å². The third-order valence-corrected chi connectivity index (χ3v) is 11.7. The molecule has 248 valence electrons. The van der Waals surface area contributed by atoms with E-state index in [0.29, 0.717) is 5.56 Å². The molecule has 52 heavy (non-hydrogen) atoms. The summed E-state index contributed by atoms with van der Waals surface area (Å²) in [6.07, 6.45) is 8.58. The zero-order valence-corrected chi connectivity index (χ0v) is 29.0. The Morgan fingerprint density at radius 2 is 1.50 bits per heavy atom. The smallest absolute Gasteiger partial charge is 0.131 e. The molecule has 0 bridgehead atoms. The van der Waals surface area contributed by atoms with E-state index in [2.05, 4.69) is 143 Å². The van der Waals surface area contributed by atoms with E-state index in [9.17, 15) is 5.26 Å². The van der Waals surface area contributed by atoms with Gasteiger partial charge < -0.3 is 10.2 Å². The number of nitrogens with one attached hydrogen (secondary N) is 2. The van der Waals surface area contributed by atoms with Crippen molar-refractivity contribution >= 4 is 48.7 Å². The monoisotopic (exact) mass is 687 g/mol. The summed E-state index contributed by atoms with van der Waals surface area (Å²) >= 11 is 1.88. The van der Waals surface area contributed by atoms with Crippen LogP contribution >= 0.6 is 11.3 Å². The second-order valence-corrected chi connectivity index (χ2v) is 14.6. The molecular weight excluding hydrogens is 655 g/mol. The Kier molecular flexibility index (Phi) is 7.35. The quantitative estimate of drug-likeness (QED) is 0.189. The molecule has 7 aromatic rings. The highest BCUT2D eigenvalue weighted by atomic mass is 32.1. The number of thiophene rings is 1. The number of nitrogens with zero attached hydrogens (tertiary/aromatic N) is 3. The minimum atomic E-state index is -0.248. The number of benzene rings is 6. The molecular formula is C46H33N5S. The number of amidine groups is 1. The Labute approximate surface area is 306 Å². The molecule has 0 radical (unpaired) electrons. The molecule has 5 nitrogen and oxygen atoms in total. The van der Waals surface area contributed by atoms with Crippen LogP contribution in [-0.4, -0.2) is 11.9 Å². The number of allylic oxidation sites excluding steroid dienone is 2. The molecule has 2 N–H and O–H groups in total. The SMILES string of the molecule is N#Cc1cccc(C2=NC(c3ccccc3)NC(c3ccc(N4c5cc(-c6cccc7c6sc6ccccc67)ccc5C5C=CC=CC54)cc3)N2)c1. The molecule has 1 aliphatic carbocycles. The summed E-state index contributed by atoms with van der Waals surface area (Å²) < 4.78 is 2.65. The predicted molar refractivity (Wildman–Crippen MR) is 214 cm³/mol. The summed E-state index contributed by atoms with van der Waals surface area (Å²) in [4.78, 5) is 7.56. The van der Waals surface area contributed by atoms with Gasteiger partial charge in [-0.1, -0.05) is 127 Å². The van der Waals surface area contributed by atoms with E-state index in [4.69, 9.17) is 4.99 Å². The molecule has 4 atom stereocenters. The summed E-state index contributed by atoms with van der Waals surface area (Å²) in [5, 5.41) is 19.6. The number of hydrogen-bond donors (Lipinski definition) is 2. The fourth-order valence-electron chi connectivity index (χ4n) is 8.02. The normalized spacial score (nSPS) is 20.3. The van der Waals surface area contributed by atoms with Crippen LogP contribution in [0.3, 0.4) is 0 Å². The Morgan fingerprint density at radius 1 is 0.692 bits per heavy atom. The van der Waals surface area contributed by atoms with Gasteiger partial charge in [0.05, 0.1) is 17.7 Å². The zero-order chi connectivity index (χ0) is 34.6. The van der Waals surface area contributed by atoms with Gasteiger partial charge in [-0.15, -0.1) is 11.3 Å². The minimum absolute atomic E-state index is 0.193. The van der Waals surface area contributed by atoms with Crippen LogP contribution in [-0.2, 0) is 0 Å². The fourth-order valence-corrected chi connectivity index (χ4v) is 9.26. The third kappa shape index (κ3) is 5.13. The highest BCUT2D eigenvalue weighted by Crippen LogP contribution is 2.50. The van der Waals surface area contributed by atoms with Crippen molar-refractivity contribution in [3.8, 4) is 17.2 Å². The summed E-state index contributed by atoms with van der Waals surface area (Å²) in [5.41, 5.74) is 9.95. The lowest BCUT2D eigenvalue weighted by atomic mass is 9.90. The zero-order valence-electron chi connectivity index (χ0n) is 28.1. The van der Waals surface area contributed by atoms with Crippen molar-refractivity contribution in [3.05, 3.63) is 192 Å². The molecule has 4 unspecified atom stereocenters. The lowest BCUT2D eigenvalue weighted by Crippen LogP contribution is -2.45. The first-order valence-electron chi connectivity index (χ1n) is 17.7. The van der Waals surface area contributed by atoms with Crippen LogP contribution in [0.1, 0.15) is 46.1 Å². The van der Waals surface area contributed by atoms with Gasteiger partial charge in [-0.2, -0.15) is 5.26 Å². The van der Waals surface area contributed by atoms with Crippen LogP contribution in [0.2, 0.25) is 0 Å². The van der Waals surface area contributed by atoms with E-state index in [1.54, 1.807) is 0 Å². The van der Waals surface area contributed by atoms with Crippen LogP contribution in [0.25, 0.3) is 31.3 Å². The van der Waals surface area contributed by atoms with E-state index >= 15 is 0 Å². The third-order valence-electron chi connectivity index (χ3n) is 10.5. The Morgan fingerprint density at radius 3 is 2.38 bits per heavy atom. The lowest BCUT2D eigenvalue weighted by molar-refractivity contribution is 0.409. The van der Waals surface area contributed by atoms with Crippen LogP contribution in [0.5, 0.6) is 0 Å². The van der Waals surface area contributed by atoms with Crippen molar-refractivity contribution in [1.29, 1.82) is 5.26 Å². The van der Waals surface area contributed by atoms with Gasteiger partial charge in [-0.3, -0.25) is 5.32 Å². The van der Waals surface area contributed by atoms with Crippen LogP contribution in [0, 0.1) is 11.3 Å². The van der Waals surface area contributed by atoms with Gasteiger partial charge in [-0.25, -0.2) is 4.99 Å². The molecule has 1 aromatic heterocycles. The van der Waals surface area contributed by atoms with Crippen molar-refractivity contribution in [1.82, 2.24) is 10.6 Å². The number of hydrogen-bond acceptors (Lipinski definition) is 6. The predicted octanol–water partition coefficient (Wildman–Crippen LogP) is 10.7. The average molecular weight is 688 g/mol. The molecule has 6 aromatic carbocycles. The first kappa shape index (κ1) is 30.6. The van der Waals surface area contributed by atoms with E-state index in [-0.39, 0.29) is 24.3 Å². The van der Waals surface area contributed by atoms with Gasteiger partial charge >= 0.3 is 0 Å². The van der Waals surface area contributed by atoms with Gasteiger partial charge in [0, 0.05) is 43.0 Å². The van der Waals surface area contributed by atoms with Crippen LogP contribution < -0.4 is 15.5 Å². The minimum Gasteiger partial charge on any atom is -0.350 e. The molecule has 0 fully saturated rings. The molecule has 6 heteroatoms. The molecule has 3 aliphatic rings. The van der Waals surface area contributed by atoms with Crippen LogP contribution in [0.4, 0.5) is 11.4 Å². The second-order valence-electron chi connectivity index (χ2n) is 13.5. The molecule has 10 rings (SSSR count). The number of anilines is 2. The molecule has 0 spiro atoms. The maximum atomic E-state index is 9.58. The van der Waals surface area contributed by atoms with E-state index in [1.165, 1.54) is 42.6 Å². The number of nitriles is 1. The van der Waals surface area contributed by atoms with Crippen molar-refractivity contribution < 1.29 is 0 Å². The number of aliphatic imine (C=N–C) groups is 1. The number of fused-ring (bicyclic) bond motifs is 6. The topological polar surface area (TPSA) is 63.5 Å². The summed E-state index contributed by atoms with van der Waals surface area (Å²) in [5.74, 6) is 1.04. The fraction of sp³-hybridized carbons (Fsp3) is 0.0870. The maximum absolute atomic E-state index is 9.58. The summed E-state index contributed by atoms with van der Waals surface area (Å²) in [6.45, 7) is 0. The number of rotatable bonds is 5. The Hall–Kier alpha value is -6.26. The molecule has 3 heterocycles. The highest BCUT2D eigenvalue weighted by Gasteiger charge is 2.38. The van der Waals surface area contributed by atoms with E-state index < -0.39 is 0 Å². The summed E-state index contributed by atoms with van der Waals surface area (Å²) in [6, 6.07) is 51.8.